The predicted octanol–water partition coefficient (Wildman–Crippen LogP) is 1.98. The molecule has 1 aliphatic heterocycles. The van der Waals surface area contributed by atoms with Gasteiger partial charge in [-0.25, -0.2) is 0 Å². The van der Waals surface area contributed by atoms with E-state index in [0.29, 0.717) is 31.6 Å². The fourth-order valence-corrected chi connectivity index (χ4v) is 3.73. The van der Waals surface area contributed by atoms with E-state index in [1.54, 1.807) is 23.2 Å². The van der Waals surface area contributed by atoms with E-state index in [1.165, 1.54) is 6.08 Å². The van der Waals surface area contributed by atoms with Gasteiger partial charge < -0.3 is 15.3 Å². The Morgan fingerprint density at radius 1 is 1.18 bits per heavy atom. The molecule has 1 saturated heterocycles. The first kappa shape index (κ1) is 19.8. The summed E-state index contributed by atoms with van der Waals surface area (Å²) >= 11 is 0. The maximum Gasteiger partial charge on any atom is 0.245 e. The molecule has 6 heteroatoms. The highest BCUT2D eigenvalue weighted by atomic mass is 16.3. The third-order valence-electron chi connectivity index (χ3n) is 5.40. The van der Waals surface area contributed by atoms with Crippen molar-refractivity contribution in [3.8, 4) is 0 Å². The van der Waals surface area contributed by atoms with Gasteiger partial charge in [-0.05, 0) is 36.6 Å². The first-order valence-electron chi connectivity index (χ1n) is 9.40. The predicted molar refractivity (Wildman–Crippen MR) is 106 cm³/mol. The molecule has 1 atom stereocenters. The number of pyridine rings is 1. The summed E-state index contributed by atoms with van der Waals surface area (Å²) in [6.45, 7) is 4.25. The maximum absolute atomic E-state index is 13.4. The average Bonchev–Trinajstić information content (AvgIpc) is 2.78. The van der Waals surface area contributed by atoms with Crippen molar-refractivity contribution in [3.05, 3.63) is 78.6 Å². The van der Waals surface area contributed by atoms with Crippen molar-refractivity contribution in [3.63, 3.8) is 0 Å². The van der Waals surface area contributed by atoms with E-state index in [2.05, 4.69) is 16.9 Å². The van der Waals surface area contributed by atoms with Gasteiger partial charge in [-0.1, -0.05) is 43.0 Å². The van der Waals surface area contributed by atoms with Crippen molar-refractivity contribution < 1.29 is 14.7 Å². The quantitative estimate of drug-likeness (QED) is 0.752. The fourth-order valence-electron chi connectivity index (χ4n) is 3.73. The minimum Gasteiger partial charge on any atom is -0.394 e. The highest BCUT2D eigenvalue weighted by Crippen LogP contribution is 2.36. The molecule has 2 amide bonds. The summed E-state index contributed by atoms with van der Waals surface area (Å²) in [5, 5.41) is 12.8. The highest BCUT2D eigenvalue weighted by molar-refractivity contribution is 5.90. The number of aliphatic hydroxyl groups excluding tert-OH is 1. The standard InChI is InChI=1S/C22H25N3O3/c1-2-20(27)25-14-11-22(12-15-25,17-8-4-3-5-9-17)21(28)24-19(16-26)18-10-6-7-13-23-18/h2-10,13,19,26H,1,11-12,14-16H2,(H,24,28). The number of hydrogen-bond donors (Lipinski definition) is 2. The number of nitrogens with one attached hydrogen (secondary N) is 1. The topological polar surface area (TPSA) is 82.5 Å². The van der Waals surface area contributed by atoms with Crippen LogP contribution in [0.25, 0.3) is 0 Å². The van der Waals surface area contributed by atoms with Crippen molar-refractivity contribution >= 4 is 11.8 Å². The summed E-state index contributed by atoms with van der Waals surface area (Å²) in [6.07, 6.45) is 3.94. The van der Waals surface area contributed by atoms with E-state index in [4.69, 9.17) is 0 Å². The van der Waals surface area contributed by atoms with Crippen LogP contribution in [0.4, 0.5) is 0 Å². The third kappa shape index (κ3) is 3.97. The molecule has 1 aliphatic rings. The number of piperidine rings is 1. The van der Waals surface area contributed by atoms with E-state index in [1.807, 2.05) is 36.4 Å². The first-order valence-corrected chi connectivity index (χ1v) is 9.40. The second kappa shape index (κ2) is 8.80. The Labute approximate surface area is 164 Å². The lowest BCUT2D eigenvalue weighted by Crippen LogP contribution is -2.53. The molecule has 0 spiro atoms. The largest absolute Gasteiger partial charge is 0.394 e. The third-order valence-corrected chi connectivity index (χ3v) is 5.40. The van der Waals surface area contributed by atoms with Crippen molar-refractivity contribution in [1.82, 2.24) is 15.2 Å². The Balaban J connectivity index is 1.86. The number of nitrogens with zero attached hydrogens (tertiary/aromatic N) is 2. The molecular formula is C22H25N3O3. The lowest BCUT2D eigenvalue weighted by atomic mass is 9.71. The van der Waals surface area contributed by atoms with E-state index < -0.39 is 11.5 Å². The van der Waals surface area contributed by atoms with Crippen LogP contribution in [-0.2, 0) is 15.0 Å². The number of aromatic nitrogens is 1. The number of benzene rings is 1. The maximum atomic E-state index is 13.4. The van der Waals surface area contributed by atoms with Crippen LogP contribution in [0, 0.1) is 0 Å². The summed E-state index contributed by atoms with van der Waals surface area (Å²) in [4.78, 5) is 31.4. The molecule has 0 radical (unpaired) electrons. The van der Waals surface area contributed by atoms with Crippen LogP contribution >= 0.6 is 0 Å². The first-order chi connectivity index (χ1) is 13.6. The molecule has 1 unspecified atom stereocenters. The molecule has 2 aromatic rings. The molecule has 2 heterocycles. The molecule has 6 nitrogen and oxygen atoms in total. The number of carbonyl (C=O) groups excluding carboxylic acids is 2. The lowest BCUT2D eigenvalue weighted by Gasteiger charge is -2.41. The van der Waals surface area contributed by atoms with Gasteiger partial charge in [0.25, 0.3) is 0 Å². The Morgan fingerprint density at radius 2 is 1.86 bits per heavy atom. The van der Waals surface area contributed by atoms with Crippen LogP contribution in [0.1, 0.15) is 30.1 Å². The summed E-state index contributed by atoms with van der Waals surface area (Å²) < 4.78 is 0. The van der Waals surface area contributed by atoms with Crippen LogP contribution in [0.5, 0.6) is 0 Å². The molecule has 0 saturated carbocycles. The second-order valence-electron chi connectivity index (χ2n) is 6.94. The van der Waals surface area contributed by atoms with Crippen molar-refractivity contribution in [2.24, 2.45) is 0 Å². The number of likely N-dealkylation sites (tertiary alicyclic amines) is 1. The number of carbonyl (C=O) groups is 2. The van der Waals surface area contributed by atoms with Gasteiger partial charge >= 0.3 is 0 Å². The molecule has 0 bridgehead atoms. The van der Waals surface area contributed by atoms with Crippen LogP contribution in [-0.4, -0.2) is 46.5 Å². The Bertz CT molecular complexity index is 815. The van der Waals surface area contributed by atoms with Crippen LogP contribution < -0.4 is 5.32 Å². The van der Waals surface area contributed by atoms with Gasteiger partial charge in [0.2, 0.25) is 11.8 Å². The van der Waals surface area contributed by atoms with E-state index in [0.717, 1.165) is 5.56 Å². The Morgan fingerprint density at radius 3 is 2.43 bits per heavy atom. The summed E-state index contributed by atoms with van der Waals surface area (Å²) in [5.41, 5.74) is 0.762. The van der Waals surface area contributed by atoms with E-state index in [-0.39, 0.29) is 18.4 Å². The molecule has 3 rings (SSSR count). The second-order valence-corrected chi connectivity index (χ2v) is 6.94. The smallest absolute Gasteiger partial charge is 0.245 e. The van der Waals surface area contributed by atoms with Crippen molar-refractivity contribution in [2.75, 3.05) is 19.7 Å². The summed E-state index contributed by atoms with van der Waals surface area (Å²) in [5.74, 6) is -0.280. The van der Waals surface area contributed by atoms with Crippen molar-refractivity contribution in [2.45, 2.75) is 24.3 Å². The van der Waals surface area contributed by atoms with Gasteiger partial charge in [0, 0.05) is 19.3 Å². The number of rotatable bonds is 6. The molecule has 2 N–H and O–H groups in total. The molecule has 146 valence electrons. The Kier molecular flexibility index (Phi) is 6.21. The monoisotopic (exact) mass is 379 g/mol. The number of aliphatic hydroxyl groups is 1. The fraction of sp³-hybridized carbons (Fsp3) is 0.318. The van der Waals surface area contributed by atoms with Crippen LogP contribution in [0.2, 0.25) is 0 Å². The van der Waals surface area contributed by atoms with Crippen molar-refractivity contribution in [1.29, 1.82) is 0 Å². The molecular weight excluding hydrogens is 354 g/mol. The molecule has 1 aromatic heterocycles. The van der Waals surface area contributed by atoms with Crippen LogP contribution in [0.15, 0.2) is 67.4 Å². The molecule has 0 aliphatic carbocycles. The average molecular weight is 379 g/mol. The molecule has 1 fully saturated rings. The van der Waals surface area contributed by atoms with Gasteiger partial charge in [-0.15, -0.1) is 0 Å². The molecule has 28 heavy (non-hydrogen) atoms. The van der Waals surface area contributed by atoms with Gasteiger partial charge in [-0.3, -0.25) is 14.6 Å². The normalized spacial score (nSPS) is 16.8. The zero-order chi connectivity index (χ0) is 20.0. The summed E-state index contributed by atoms with van der Waals surface area (Å²) in [7, 11) is 0. The summed E-state index contributed by atoms with van der Waals surface area (Å²) in [6, 6.07) is 14.4. The van der Waals surface area contributed by atoms with E-state index >= 15 is 0 Å². The van der Waals surface area contributed by atoms with Gasteiger partial charge in [0.05, 0.1) is 23.8 Å². The van der Waals surface area contributed by atoms with Gasteiger partial charge in [0.1, 0.15) is 0 Å². The molecule has 1 aromatic carbocycles. The minimum atomic E-state index is -0.762. The zero-order valence-corrected chi connectivity index (χ0v) is 15.8. The number of amides is 2. The lowest BCUT2D eigenvalue weighted by molar-refractivity contribution is -0.134. The minimum absolute atomic E-state index is 0.121. The SMILES string of the molecule is C=CC(=O)N1CCC(C(=O)NC(CO)c2ccccn2)(c2ccccc2)CC1. The highest BCUT2D eigenvalue weighted by Gasteiger charge is 2.44. The van der Waals surface area contributed by atoms with E-state index in [9.17, 15) is 14.7 Å². The van der Waals surface area contributed by atoms with Crippen LogP contribution in [0.3, 0.4) is 0 Å². The number of hydrogen-bond acceptors (Lipinski definition) is 4. The zero-order valence-electron chi connectivity index (χ0n) is 15.8. The van der Waals surface area contributed by atoms with Gasteiger partial charge in [0.15, 0.2) is 0 Å². The van der Waals surface area contributed by atoms with Gasteiger partial charge in [-0.2, -0.15) is 0 Å². The Hall–Kier alpha value is -2.99.